The van der Waals surface area contributed by atoms with E-state index in [1.807, 2.05) is 31.7 Å². The lowest BCUT2D eigenvalue weighted by Crippen LogP contribution is -2.49. The Hall–Kier alpha value is -3.21. The van der Waals surface area contributed by atoms with Crippen LogP contribution in [0.1, 0.15) is 58.1 Å². The van der Waals surface area contributed by atoms with Crippen molar-refractivity contribution in [1.29, 1.82) is 0 Å². The predicted molar refractivity (Wildman–Crippen MR) is 145 cm³/mol. The van der Waals surface area contributed by atoms with Crippen molar-refractivity contribution in [2.24, 2.45) is 13.0 Å². The zero-order chi connectivity index (χ0) is 27.9. The molecule has 0 bridgehead atoms. The number of benzene rings is 1. The van der Waals surface area contributed by atoms with Crippen molar-refractivity contribution in [3.8, 4) is 0 Å². The molecule has 212 valence electrons. The number of hydrogen-bond acceptors (Lipinski definition) is 7. The molecule has 1 N–H and O–H groups in total. The Labute approximate surface area is 228 Å². The highest BCUT2D eigenvalue weighted by molar-refractivity contribution is 6.02. The lowest BCUT2D eigenvalue weighted by molar-refractivity contribution is -0.134. The number of nitrogens with one attached hydrogen (secondary N) is 1. The summed E-state index contributed by atoms with van der Waals surface area (Å²) in [4.78, 5) is 42.6. The van der Waals surface area contributed by atoms with Crippen molar-refractivity contribution in [3.05, 3.63) is 23.6 Å². The second kappa shape index (κ2) is 10.7. The second-order valence-electron chi connectivity index (χ2n) is 12.0. The zero-order valence-electron chi connectivity index (χ0n) is 23.3. The highest BCUT2D eigenvalue weighted by Gasteiger charge is 2.33. The summed E-state index contributed by atoms with van der Waals surface area (Å²) in [7, 11) is 1.69. The van der Waals surface area contributed by atoms with Gasteiger partial charge in [-0.3, -0.25) is 24.5 Å². The molecular formula is C28H39FN6O4. The first kappa shape index (κ1) is 27.4. The van der Waals surface area contributed by atoms with Gasteiger partial charge in [-0.1, -0.05) is 0 Å². The van der Waals surface area contributed by atoms with Crippen molar-refractivity contribution in [3.63, 3.8) is 0 Å². The van der Waals surface area contributed by atoms with Gasteiger partial charge in [0.25, 0.3) is 0 Å². The van der Waals surface area contributed by atoms with Crippen LogP contribution in [0.5, 0.6) is 0 Å². The summed E-state index contributed by atoms with van der Waals surface area (Å²) >= 11 is 0. The van der Waals surface area contributed by atoms with Crippen LogP contribution in [0.15, 0.2) is 12.1 Å². The van der Waals surface area contributed by atoms with Crippen LogP contribution >= 0.6 is 0 Å². The molecule has 0 spiro atoms. The fourth-order valence-corrected chi connectivity index (χ4v) is 5.96. The van der Waals surface area contributed by atoms with Crippen LogP contribution in [-0.2, 0) is 21.4 Å². The lowest BCUT2D eigenvalue weighted by atomic mass is 9.92. The summed E-state index contributed by atoms with van der Waals surface area (Å²) in [6.45, 7) is 11.2. The van der Waals surface area contributed by atoms with E-state index in [4.69, 9.17) is 4.74 Å². The Balaban J connectivity index is 1.18. The number of aromatic nitrogens is 2. The van der Waals surface area contributed by atoms with E-state index < -0.39 is 11.5 Å². The number of piperazine rings is 1. The van der Waals surface area contributed by atoms with Gasteiger partial charge in [0.05, 0.1) is 17.3 Å². The van der Waals surface area contributed by atoms with E-state index in [-0.39, 0.29) is 30.1 Å². The fourth-order valence-electron chi connectivity index (χ4n) is 5.96. The summed E-state index contributed by atoms with van der Waals surface area (Å²) < 4.78 is 22.8. The second-order valence-corrected chi connectivity index (χ2v) is 12.0. The molecule has 2 aromatic rings. The van der Waals surface area contributed by atoms with E-state index >= 15 is 4.39 Å². The van der Waals surface area contributed by atoms with Crippen molar-refractivity contribution >= 4 is 34.5 Å². The smallest absolute Gasteiger partial charge is 0.410 e. The summed E-state index contributed by atoms with van der Waals surface area (Å²) in [6.07, 6.45) is 2.32. The molecule has 1 aromatic heterocycles. The number of piperidine rings is 2. The molecule has 4 heterocycles. The topological polar surface area (TPSA) is 100 Å². The number of rotatable bonds is 4. The number of fused-ring (bicyclic) bond motifs is 1. The predicted octanol–water partition coefficient (Wildman–Crippen LogP) is 3.00. The number of carbonyl (C=O) groups is 3. The summed E-state index contributed by atoms with van der Waals surface area (Å²) in [5.74, 6) is -1.01. The van der Waals surface area contributed by atoms with Crippen molar-refractivity contribution in [1.82, 2.24) is 24.9 Å². The maximum Gasteiger partial charge on any atom is 0.410 e. The molecule has 3 saturated heterocycles. The molecular weight excluding hydrogens is 503 g/mol. The molecule has 0 radical (unpaired) electrons. The Morgan fingerprint density at radius 3 is 2.41 bits per heavy atom. The molecule has 39 heavy (non-hydrogen) atoms. The normalized spacial score (nSPS) is 21.9. The molecule has 0 saturated carbocycles. The Kier molecular flexibility index (Phi) is 7.54. The Bertz CT molecular complexity index is 1250. The first-order chi connectivity index (χ1) is 18.5. The third-order valence-electron chi connectivity index (χ3n) is 8.02. The van der Waals surface area contributed by atoms with Gasteiger partial charge in [0.1, 0.15) is 11.1 Å². The van der Waals surface area contributed by atoms with Crippen LogP contribution in [0.25, 0.3) is 10.9 Å². The Morgan fingerprint density at radius 1 is 1.08 bits per heavy atom. The van der Waals surface area contributed by atoms with E-state index in [1.165, 1.54) is 4.68 Å². The molecule has 3 aliphatic rings. The molecule has 10 nitrogen and oxygen atoms in total. The van der Waals surface area contributed by atoms with Crippen LogP contribution in [0.3, 0.4) is 0 Å². The number of imide groups is 1. The van der Waals surface area contributed by atoms with Crippen LogP contribution in [0, 0.1) is 11.7 Å². The number of aryl methyl sites for hydroxylation is 1. The standard InChI is InChI=1S/C28H39FN6O4/c1-28(2,3)39-27(38)35-11-9-18(10-12-35)17-33-13-15-34(16-14-33)21-7-5-19-24(31-32(4)25(19)23(21)29)20-6-8-22(36)30-26(20)37/h5,7,18,20H,6,8-17H2,1-4H3,(H,30,36,37). The van der Waals surface area contributed by atoms with E-state index in [9.17, 15) is 14.4 Å². The van der Waals surface area contributed by atoms with Crippen LogP contribution in [0.4, 0.5) is 14.9 Å². The number of hydrogen-bond donors (Lipinski definition) is 1. The minimum atomic E-state index is -0.559. The minimum absolute atomic E-state index is 0.230. The molecule has 3 aliphatic heterocycles. The van der Waals surface area contributed by atoms with Gasteiger partial charge in [0, 0.05) is 64.7 Å². The first-order valence-corrected chi connectivity index (χ1v) is 13.9. The largest absolute Gasteiger partial charge is 0.444 e. The molecule has 0 aliphatic carbocycles. The molecule has 5 rings (SSSR count). The monoisotopic (exact) mass is 542 g/mol. The van der Waals surface area contributed by atoms with Gasteiger partial charge in [-0.2, -0.15) is 5.10 Å². The SMILES string of the molecule is Cn1nc(C2CCC(=O)NC2=O)c2ccc(N3CCN(CC4CCN(C(=O)OC(C)(C)C)CC4)CC3)c(F)c21. The van der Waals surface area contributed by atoms with Gasteiger partial charge < -0.3 is 14.5 Å². The number of carbonyl (C=O) groups excluding carboxylic acids is 3. The van der Waals surface area contributed by atoms with Gasteiger partial charge in [-0.25, -0.2) is 9.18 Å². The molecule has 1 atom stereocenters. The van der Waals surface area contributed by atoms with Gasteiger partial charge >= 0.3 is 6.09 Å². The molecule has 1 aromatic carbocycles. The third kappa shape index (κ3) is 5.88. The van der Waals surface area contributed by atoms with E-state index in [2.05, 4.69) is 20.2 Å². The minimum Gasteiger partial charge on any atom is -0.444 e. The van der Waals surface area contributed by atoms with Gasteiger partial charge in [-0.15, -0.1) is 0 Å². The van der Waals surface area contributed by atoms with E-state index in [0.717, 1.165) is 58.7 Å². The maximum absolute atomic E-state index is 15.8. The van der Waals surface area contributed by atoms with Gasteiger partial charge in [0.15, 0.2) is 5.82 Å². The van der Waals surface area contributed by atoms with Gasteiger partial charge in [0.2, 0.25) is 11.8 Å². The molecule has 11 heteroatoms. The van der Waals surface area contributed by atoms with E-state index in [1.54, 1.807) is 13.1 Å². The quantitative estimate of drug-likeness (QED) is 0.593. The van der Waals surface area contributed by atoms with E-state index in [0.29, 0.717) is 34.6 Å². The number of anilines is 1. The summed E-state index contributed by atoms with van der Waals surface area (Å²) in [6, 6.07) is 3.64. The highest BCUT2D eigenvalue weighted by Crippen LogP contribution is 2.35. The van der Waals surface area contributed by atoms with Gasteiger partial charge in [-0.05, 0) is 58.1 Å². The van der Waals surface area contributed by atoms with Crippen LogP contribution in [0.2, 0.25) is 0 Å². The molecule has 1 unspecified atom stereocenters. The number of amides is 3. The maximum atomic E-state index is 15.8. The lowest BCUT2D eigenvalue weighted by Gasteiger charge is -2.39. The van der Waals surface area contributed by atoms with Crippen molar-refractivity contribution < 1.29 is 23.5 Å². The third-order valence-corrected chi connectivity index (χ3v) is 8.02. The average Bonchev–Trinajstić information content (AvgIpc) is 3.21. The zero-order valence-corrected chi connectivity index (χ0v) is 23.3. The number of halogens is 1. The summed E-state index contributed by atoms with van der Waals surface area (Å²) in [5.41, 5.74) is 0.965. The average molecular weight is 543 g/mol. The summed E-state index contributed by atoms with van der Waals surface area (Å²) in [5, 5.41) is 7.48. The number of nitrogens with zero attached hydrogens (tertiary/aromatic N) is 5. The van der Waals surface area contributed by atoms with Crippen molar-refractivity contribution in [2.75, 3.05) is 50.7 Å². The molecule has 3 fully saturated rings. The number of ether oxygens (including phenoxy) is 1. The molecule has 3 amide bonds. The highest BCUT2D eigenvalue weighted by atomic mass is 19.1. The Morgan fingerprint density at radius 2 is 1.77 bits per heavy atom. The fraction of sp³-hybridized carbons (Fsp3) is 0.643. The first-order valence-electron chi connectivity index (χ1n) is 13.9. The number of likely N-dealkylation sites (tertiary alicyclic amines) is 1. The van der Waals surface area contributed by atoms with Crippen LogP contribution in [-0.4, -0.2) is 88.9 Å². The van der Waals surface area contributed by atoms with Crippen molar-refractivity contribution in [2.45, 2.75) is 58.0 Å². The van der Waals surface area contributed by atoms with Crippen LogP contribution < -0.4 is 10.2 Å².